The molecular weight excluding hydrogens is 510 g/mol. The van der Waals surface area contributed by atoms with Gasteiger partial charge >= 0.3 is 6.18 Å². The third-order valence-electron chi connectivity index (χ3n) is 5.56. The third-order valence-corrected chi connectivity index (χ3v) is 5.56. The third kappa shape index (κ3) is 7.26. The molecule has 30 heavy (non-hydrogen) atoms. The van der Waals surface area contributed by atoms with Crippen LogP contribution in [0.4, 0.5) is 13.2 Å². The molecule has 1 aromatic rings. The van der Waals surface area contributed by atoms with Gasteiger partial charge in [-0.15, -0.1) is 24.0 Å². The number of ether oxygens (including phenoxy) is 2. The van der Waals surface area contributed by atoms with Crippen molar-refractivity contribution in [3.63, 3.8) is 0 Å². The van der Waals surface area contributed by atoms with Gasteiger partial charge in [-0.25, -0.2) is 0 Å². The van der Waals surface area contributed by atoms with E-state index in [-0.39, 0.29) is 35.5 Å². The number of rotatable bonds is 9. The number of guanidine groups is 1. The quantitative estimate of drug-likeness (QED) is 0.214. The zero-order chi connectivity index (χ0) is 20.7. The summed E-state index contributed by atoms with van der Waals surface area (Å²) in [5, 5.41) is 6.49. The topological polar surface area (TPSA) is 54.9 Å². The largest absolute Gasteiger partial charge is 0.416 e. The van der Waals surface area contributed by atoms with E-state index in [1.165, 1.54) is 12.1 Å². The number of nitrogens with zero attached hydrogens (tertiary/aromatic N) is 1. The molecule has 0 radical (unpaired) electrons. The minimum atomic E-state index is -4.32. The van der Waals surface area contributed by atoms with Gasteiger partial charge in [0.2, 0.25) is 0 Å². The van der Waals surface area contributed by atoms with Crippen molar-refractivity contribution in [3.05, 3.63) is 35.4 Å². The van der Waals surface area contributed by atoms with Crippen LogP contribution in [0.3, 0.4) is 0 Å². The summed E-state index contributed by atoms with van der Waals surface area (Å²) >= 11 is 0. The number of nitrogens with one attached hydrogen (secondary N) is 2. The molecule has 2 aliphatic rings. The zero-order valence-electron chi connectivity index (χ0n) is 17.3. The Bertz CT molecular complexity index is 690. The predicted molar refractivity (Wildman–Crippen MR) is 122 cm³/mol. The average molecular weight is 541 g/mol. The lowest BCUT2D eigenvalue weighted by Gasteiger charge is -2.20. The maximum absolute atomic E-state index is 13.0. The molecule has 170 valence electrons. The second-order valence-corrected chi connectivity index (χ2v) is 7.77. The Kier molecular flexibility index (Phi) is 9.67. The Labute approximate surface area is 193 Å². The number of halogens is 4. The molecule has 1 aromatic carbocycles. The van der Waals surface area contributed by atoms with Gasteiger partial charge in [0.15, 0.2) is 5.96 Å². The Balaban J connectivity index is 0.00000320. The smallest absolute Gasteiger partial charge is 0.379 e. The van der Waals surface area contributed by atoms with Crippen molar-refractivity contribution in [2.45, 2.75) is 49.8 Å². The van der Waals surface area contributed by atoms with Gasteiger partial charge in [0.1, 0.15) is 0 Å². The van der Waals surface area contributed by atoms with E-state index in [1.54, 1.807) is 13.1 Å². The van der Waals surface area contributed by atoms with Crippen LogP contribution in [0.5, 0.6) is 0 Å². The fourth-order valence-corrected chi connectivity index (χ4v) is 3.59. The molecule has 0 aromatic heterocycles. The molecule has 0 amide bonds. The van der Waals surface area contributed by atoms with Crippen LogP contribution in [0.25, 0.3) is 0 Å². The Hall–Kier alpha value is -1.07. The van der Waals surface area contributed by atoms with Gasteiger partial charge in [0, 0.05) is 38.8 Å². The molecule has 2 N–H and O–H groups in total. The number of hydrogen-bond acceptors (Lipinski definition) is 3. The Morgan fingerprint density at radius 1 is 1.30 bits per heavy atom. The molecule has 9 heteroatoms. The molecule has 1 unspecified atom stereocenters. The van der Waals surface area contributed by atoms with E-state index >= 15 is 0 Å². The van der Waals surface area contributed by atoms with Crippen LogP contribution in [0.15, 0.2) is 29.3 Å². The van der Waals surface area contributed by atoms with Crippen LogP contribution >= 0.6 is 24.0 Å². The summed E-state index contributed by atoms with van der Waals surface area (Å²) in [5.41, 5.74) is -0.104. The van der Waals surface area contributed by atoms with Gasteiger partial charge in [0.05, 0.1) is 18.3 Å². The molecule has 1 atom stereocenters. The molecule has 1 heterocycles. The van der Waals surface area contributed by atoms with Gasteiger partial charge in [-0.1, -0.05) is 18.2 Å². The lowest BCUT2D eigenvalue weighted by atomic mass is 9.94. The lowest BCUT2D eigenvalue weighted by Crippen LogP contribution is -2.41. The minimum Gasteiger partial charge on any atom is -0.379 e. The van der Waals surface area contributed by atoms with E-state index in [4.69, 9.17) is 9.47 Å². The molecule has 1 aliphatic carbocycles. The van der Waals surface area contributed by atoms with Crippen molar-refractivity contribution < 1.29 is 22.6 Å². The monoisotopic (exact) mass is 541 g/mol. The molecule has 1 saturated heterocycles. The fraction of sp³-hybridized carbons (Fsp3) is 0.667. The Morgan fingerprint density at radius 2 is 2.10 bits per heavy atom. The average Bonchev–Trinajstić information content (AvgIpc) is 3.32. The Morgan fingerprint density at radius 3 is 2.73 bits per heavy atom. The first-order valence-electron chi connectivity index (χ1n) is 10.2. The number of aliphatic imine (C=N–C) groups is 1. The maximum Gasteiger partial charge on any atom is 0.416 e. The van der Waals surface area contributed by atoms with Crippen LogP contribution in [0.2, 0.25) is 0 Å². The number of hydrogen-bond donors (Lipinski definition) is 2. The normalized spacial score (nSPS) is 20.5. The standard InChI is InChI=1S/C21H30F3N3O2.HI/c1-25-19(26-10-4-11-28-14-18-7-3-12-29-18)27-15-20(8-9-20)16-5-2-6-17(13-16)21(22,23)24;/h2,5-6,13,18H,3-4,7-12,14-15H2,1H3,(H2,25,26,27);1H. The summed E-state index contributed by atoms with van der Waals surface area (Å²) in [5.74, 6) is 0.655. The van der Waals surface area contributed by atoms with E-state index in [0.29, 0.717) is 32.3 Å². The predicted octanol–water partition coefficient (Wildman–Crippen LogP) is 4.11. The zero-order valence-corrected chi connectivity index (χ0v) is 19.6. The van der Waals surface area contributed by atoms with E-state index in [2.05, 4.69) is 15.6 Å². The van der Waals surface area contributed by atoms with Gasteiger partial charge in [-0.05, 0) is 43.7 Å². The van der Waals surface area contributed by atoms with E-state index in [1.807, 2.05) is 0 Å². The molecule has 1 aliphatic heterocycles. The number of benzene rings is 1. The van der Waals surface area contributed by atoms with Crippen LogP contribution < -0.4 is 10.6 Å². The molecule has 1 saturated carbocycles. The SMILES string of the molecule is CN=C(NCCCOCC1CCCO1)NCC1(c2cccc(C(F)(F)F)c2)CC1.I. The van der Waals surface area contributed by atoms with Crippen LogP contribution in [0.1, 0.15) is 43.2 Å². The summed E-state index contributed by atoms with van der Waals surface area (Å²) in [7, 11) is 1.69. The van der Waals surface area contributed by atoms with Crippen molar-refractivity contribution in [1.82, 2.24) is 10.6 Å². The highest BCUT2D eigenvalue weighted by Gasteiger charge is 2.45. The fourth-order valence-electron chi connectivity index (χ4n) is 3.59. The second kappa shape index (κ2) is 11.5. The summed E-state index contributed by atoms with van der Waals surface area (Å²) in [6.45, 7) is 3.40. The highest BCUT2D eigenvalue weighted by molar-refractivity contribution is 14.0. The molecule has 0 spiro atoms. The summed E-state index contributed by atoms with van der Waals surface area (Å²) in [6.07, 6.45) is 0.685. The summed E-state index contributed by atoms with van der Waals surface area (Å²) in [6, 6.07) is 5.66. The first-order valence-corrected chi connectivity index (χ1v) is 10.2. The van der Waals surface area contributed by atoms with Crippen LogP contribution in [0, 0.1) is 0 Å². The molecule has 3 rings (SSSR count). The van der Waals surface area contributed by atoms with Crippen LogP contribution in [-0.2, 0) is 21.1 Å². The van der Waals surface area contributed by atoms with Gasteiger partial charge in [0.25, 0.3) is 0 Å². The minimum absolute atomic E-state index is 0. The molecule has 5 nitrogen and oxygen atoms in total. The van der Waals surface area contributed by atoms with Crippen molar-refractivity contribution >= 4 is 29.9 Å². The van der Waals surface area contributed by atoms with E-state index < -0.39 is 11.7 Å². The molecular formula is C21H31F3IN3O2. The van der Waals surface area contributed by atoms with E-state index in [9.17, 15) is 13.2 Å². The van der Waals surface area contributed by atoms with Gasteiger partial charge < -0.3 is 20.1 Å². The highest BCUT2D eigenvalue weighted by atomic mass is 127. The second-order valence-electron chi connectivity index (χ2n) is 7.77. The van der Waals surface area contributed by atoms with Gasteiger partial charge in [-0.3, -0.25) is 4.99 Å². The van der Waals surface area contributed by atoms with Crippen molar-refractivity contribution in [3.8, 4) is 0 Å². The van der Waals surface area contributed by atoms with Crippen molar-refractivity contribution in [2.75, 3.05) is 40.0 Å². The first kappa shape index (κ1) is 25.2. The number of alkyl halides is 3. The first-order chi connectivity index (χ1) is 13.9. The van der Waals surface area contributed by atoms with Crippen molar-refractivity contribution in [2.24, 2.45) is 4.99 Å². The van der Waals surface area contributed by atoms with Gasteiger partial charge in [-0.2, -0.15) is 13.2 Å². The molecule has 2 fully saturated rings. The summed E-state index contributed by atoms with van der Waals surface area (Å²) in [4.78, 5) is 4.20. The maximum atomic E-state index is 13.0. The van der Waals surface area contributed by atoms with Crippen LogP contribution in [-0.4, -0.2) is 52.0 Å². The van der Waals surface area contributed by atoms with Crippen molar-refractivity contribution in [1.29, 1.82) is 0 Å². The highest BCUT2D eigenvalue weighted by Crippen LogP contribution is 2.48. The lowest BCUT2D eigenvalue weighted by molar-refractivity contribution is -0.137. The summed E-state index contributed by atoms with van der Waals surface area (Å²) < 4.78 is 50.1. The molecule has 0 bridgehead atoms. The van der Waals surface area contributed by atoms with E-state index in [0.717, 1.165) is 50.3 Å².